The Balaban J connectivity index is 1.65. The molecule has 0 aromatic heterocycles. The molecule has 0 aliphatic carbocycles. The number of benzene rings is 1. The second kappa shape index (κ2) is 7.66. The van der Waals surface area contributed by atoms with Gasteiger partial charge in [0.05, 0.1) is 6.61 Å². The molecule has 1 aromatic carbocycles. The lowest BCUT2D eigenvalue weighted by Crippen LogP contribution is -2.34. The number of ether oxygens (including phenoxy) is 1. The SMILES string of the molecule is Cc1cccc(CCC(C)NCC2CCCOC2)c1. The Morgan fingerprint density at radius 3 is 3.05 bits per heavy atom. The molecular weight excluding hydrogens is 234 g/mol. The Kier molecular flexibility index (Phi) is 5.87. The molecule has 0 radical (unpaired) electrons. The van der Waals surface area contributed by atoms with Crippen LogP contribution < -0.4 is 5.32 Å². The Hall–Kier alpha value is -0.860. The van der Waals surface area contributed by atoms with Gasteiger partial charge in [-0.2, -0.15) is 0 Å². The van der Waals surface area contributed by atoms with Gasteiger partial charge in [0.25, 0.3) is 0 Å². The van der Waals surface area contributed by atoms with Crippen LogP contribution in [0.5, 0.6) is 0 Å². The zero-order valence-corrected chi connectivity index (χ0v) is 12.3. The van der Waals surface area contributed by atoms with Gasteiger partial charge >= 0.3 is 0 Å². The van der Waals surface area contributed by atoms with E-state index >= 15 is 0 Å². The van der Waals surface area contributed by atoms with Crippen molar-refractivity contribution in [2.24, 2.45) is 5.92 Å². The minimum atomic E-state index is 0.586. The summed E-state index contributed by atoms with van der Waals surface area (Å²) in [6.07, 6.45) is 4.91. The minimum Gasteiger partial charge on any atom is -0.381 e. The molecule has 0 saturated carbocycles. The first-order valence-corrected chi connectivity index (χ1v) is 7.60. The molecule has 1 aromatic rings. The van der Waals surface area contributed by atoms with Crippen LogP contribution in [-0.4, -0.2) is 25.8 Å². The fraction of sp³-hybridized carbons (Fsp3) is 0.647. The quantitative estimate of drug-likeness (QED) is 0.848. The van der Waals surface area contributed by atoms with Gasteiger partial charge in [0.15, 0.2) is 0 Å². The number of hydrogen-bond donors (Lipinski definition) is 1. The largest absolute Gasteiger partial charge is 0.381 e. The first kappa shape index (κ1) is 14.5. The van der Waals surface area contributed by atoms with Crippen molar-refractivity contribution in [3.8, 4) is 0 Å². The molecule has 2 unspecified atom stereocenters. The molecule has 2 nitrogen and oxygen atoms in total. The molecule has 2 rings (SSSR count). The normalized spacial score (nSPS) is 21.3. The molecule has 1 N–H and O–H groups in total. The van der Waals surface area contributed by atoms with Gasteiger partial charge in [-0.25, -0.2) is 0 Å². The molecule has 1 fully saturated rings. The van der Waals surface area contributed by atoms with Gasteiger partial charge in [0.1, 0.15) is 0 Å². The second-order valence-corrected chi connectivity index (χ2v) is 5.92. The predicted molar refractivity (Wildman–Crippen MR) is 80.5 cm³/mol. The Morgan fingerprint density at radius 1 is 1.42 bits per heavy atom. The molecule has 0 amide bonds. The summed E-state index contributed by atoms with van der Waals surface area (Å²) in [7, 11) is 0. The van der Waals surface area contributed by atoms with Crippen LogP contribution in [0.25, 0.3) is 0 Å². The number of rotatable bonds is 6. The highest BCUT2D eigenvalue weighted by atomic mass is 16.5. The monoisotopic (exact) mass is 261 g/mol. The number of aryl methyl sites for hydroxylation is 2. The topological polar surface area (TPSA) is 21.3 Å². The van der Waals surface area contributed by atoms with Crippen LogP contribution in [0.3, 0.4) is 0 Å². The summed E-state index contributed by atoms with van der Waals surface area (Å²) >= 11 is 0. The standard InChI is InChI=1S/C17H27NO/c1-14-5-3-6-16(11-14)9-8-15(2)18-12-17-7-4-10-19-13-17/h3,5-6,11,15,17-18H,4,7-10,12-13H2,1-2H3. The van der Waals surface area contributed by atoms with Crippen LogP contribution in [-0.2, 0) is 11.2 Å². The lowest BCUT2D eigenvalue weighted by molar-refractivity contribution is 0.0539. The van der Waals surface area contributed by atoms with E-state index in [0.717, 1.165) is 32.1 Å². The molecule has 0 bridgehead atoms. The third-order valence-corrected chi connectivity index (χ3v) is 3.96. The summed E-state index contributed by atoms with van der Waals surface area (Å²) in [5, 5.41) is 3.66. The van der Waals surface area contributed by atoms with Gasteiger partial charge in [-0.3, -0.25) is 0 Å². The summed E-state index contributed by atoms with van der Waals surface area (Å²) in [6.45, 7) is 7.46. The smallest absolute Gasteiger partial charge is 0.0506 e. The summed E-state index contributed by atoms with van der Waals surface area (Å²) in [6, 6.07) is 9.43. The molecular formula is C17H27NO. The fourth-order valence-electron chi connectivity index (χ4n) is 2.69. The highest BCUT2D eigenvalue weighted by Gasteiger charge is 2.14. The van der Waals surface area contributed by atoms with Crippen LogP contribution in [0.1, 0.15) is 37.3 Å². The highest BCUT2D eigenvalue weighted by Crippen LogP contribution is 2.13. The van der Waals surface area contributed by atoms with E-state index < -0.39 is 0 Å². The molecule has 19 heavy (non-hydrogen) atoms. The maximum atomic E-state index is 5.52. The first-order chi connectivity index (χ1) is 9.24. The van der Waals surface area contributed by atoms with E-state index in [2.05, 4.69) is 43.4 Å². The first-order valence-electron chi connectivity index (χ1n) is 7.60. The average molecular weight is 261 g/mol. The van der Waals surface area contributed by atoms with Crippen molar-refractivity contribution in [2.75, 3.05) is 19.8 Å². The molecule has 2 heteroatoms. The third-order valence-electron chi connectivity index (χ3n) is 3.96. The fourth-order valence-corrected chi connectivity index (χ4v) is 2.69. The highest BCUT2D eigenvalue weighted by molar-refractivity contribution is 5.22. The van der Waals surface area contributed by atoms with Crippen molar-refractivity contribution >= 4 is 0 Å². The van der Waals surface area contributed by atoms with E-state index in [1.165, 1.54) is 30.4 Å². The summed E-state index contributed by atoms with van der Waals surface area (Å²) < 4.78 is 5.52. The molecule has 2 atom stereocenters. The molecule has 106 valence electrons. The maximum Gasteiger partial charge on any atom is 0.0506 e. The zero-order valence-electron chi connectivity index (χ0n) is 12.3. The van der Waals surface area contributed by atoms with Crippen molar-refractivity contribution in [3.63, 3.8) is 0 Å². The van der Waals surface area contributed by atoms with Crippen LogP contribution in [0, 0.1) is 12.8 Å². The van der Waals surface area contributed by atoms with Crippen LogP contribution >= 0.6 is 0 Å². The van der Waals surface area contributed by atoms with Crippen molar-refractivity contribution in [3.05, 3.63) is 35.4 Å². The van der Waals surface area contributed by atoms with Gasteiger partial charge in [-0.05, 0) is 51.0 Å². The maximum absolute atomic E-state index is 5.52. The Bertz CT molecular complexity index is 371. The van der Waals surface area contributed by atoms with Gasteiger partial charge in [0, 0.05) is 19.2 Å². The average Bonchev–Trinajstić information content (AvgIpc) is 2.44. The van der Waals surface area contributed by atoms with E-state index in [0.29, 0.717) is 6.04 Å². The van der Waals surface area contributed by atoms with Crippen molar-refractivity contribution in [1.29, 1.82) is 0 Å². The Morgan fingerprint density at radius 2 is 2.32 bits per heavy atom. The van der Waals surface area contributed by atoms with Crippen LogP contribution in [0.4, 0.5) is 0 Å². The number of hydrogen-bond acceptors (Lipinski definition) is 2. The summed E-state index contributed by atoms with van der Waals surface area (Å²) in [5.74, 6) is 0.718. The van der Waals surface area contributed by atoms with Crippen molar-refractivity contribution in [1.82, 2.24) is 5.32 Å². The van der Waals surface area contributed by atoms with Crippen LogP contribution in [0.2, 0.25) is 0 Å². The molecule has 1 aliphatic rings. The lowest BCUT2D eigenvalue weighted by atomic mass is 10.0. The summed E-state index contributed by atoms with van der Waals surface area (Å²) in [5.41, 5.74) is 2.81. The van der Waals surface area contributed by atoms with Crippen molar-refractivity contribution < 1.29 is 4.74 Å². The number of nitrogens with one attached hydrogen (secondary N) is 1. The van der Waals surface area contributed by atoms with Gasteiger partial charge in [-0.1, -0.05) is 29.8 Å². The predicted octanol–water partition coefficient (Wildman–Crippen LogP) is 3.33. The third kappa shape index (κ3) is 5.33. The molecule has 0 spiro atoms. The van der Waals surface area contributed by atoms with Gasteiger partial charge in [-0.15, -0.1) is 0 Å². The van der Waals surface area contributed by atoms with Crippen LogP contribution in [0.15, 0.2) is 24.3 Å². The van der Waals surface area contributed by atoms with E-state index in [-0.39, 0.29) is 0 Å². The van der Waals surface area contributed by atoms with E-state index in [4.69, 9.17) is 4.74 Å². The molecule has 1 heterocycles. The second-order valence-electron chi connectivity index (χ2n) is 5.92. The minimum absolute atomic E-state index is 0.586. The van der Waals surface area contributed by atoms with Gasteiger partial charge in [0.2, 0.25) is 0 Å². The lowest BCUT2D eigenvalue weighted by Gasteiger charge is -2.24. The van der Waals surface area contributed by atoms with E-state index in [1.54, 1.807) is 0 Å². The van der Waals surface area contributed by atoms with E-state index in [1.807, 2.05) is 0 Å². The summed E-state index contributed by atoms with van der Waals surface area (Å²) in [4.78, 5) is 0. The van der Waals surface area contributed by atoms with Crippen molar-refractivity contribution in [2.45, 2.75) is 45.6 Å². The molecule has 1 aliphatic heterocycles. The molecule has 1 saturated heterocycles. The Labute approximate surface area is 117 Å². The van der Waals surface area contributed by atoms with E-state index in [9.17, 15) is 0 Å². The van der Waals surface area contributed by atoms with Gasteiger partial charge < -0.3 is 10.1 Å². The zero-order chi connectivity index (χ0) is 13.5.